The number of fused-ring (bicyclic) bond motifs is 1. The first-order chi connectivity index (χ1) is 15.2. The summed E-state index contributed by atoms with van der Waals surface area (Å²) in [5, 5.41) is 0. The highest BCUT2D eigenvalue weighted by Gasteiger charge is 2.24. The lowest BCUT2D eigenvalue weighted by molar-refractivity contribution is -0.115. The number of carbonyl (C=O) groups is 1. The Bertz CT molecular complexity index is 1020. The van der Waals surface area contributed by atoms with E-state index < -0.39 is 0 Å². The highest BCUT2D eigenvalue weighted by molar-refractivity contribution is 5.90. The van der Waals surface area contributed by atoms with Gasteiger partial charge in [-0.25, -0.2) is 0 Å². The summed E-state index contributed by atoms with van der Waals surface area (Å²) in [7, 11) is 1.72. The quantitative estimate of drug-likeness (QED) is 0.527. The average Bonchev–Trinajstić information content (AvgIpc) is 2.80. The zero-order chi connectivity index (χ0) is 21.6. The van der Waals surface area contributed by atoms with Crippen molar-refractivity contribution in [1.29, 1.82) is 0 Å². The minimum Gasteiger partial charge on any atom is -0.496 e. The predicted molar refractivity (Wildman–Crippen MR) is 125 cm³/mol. The van der Waals surface area contributed by atoms with Crippen molar-refractivity contribution in [1.82, 2.24) is 0 Å². The minimum atomic E-state index is -0.123. The molecule has 3 heteroatoms. The molecule has 158 valence electrons. The van der Waals surface area contributed by atoms with Crippen molar-refractivity contribution in [2.75, 3.05) is 7.11 Å². The van der Waals surface area contributed by atoms with Crippen LogP contribution in [-0.2, 0) is 17.6 Å². The molecule has 3 aromatic carbocycles. The lowest BCUT2D eigenvalue weighted by Gasteiger charge is -2.25. The van der Waals surface area contributed by atoms with E-state index in [1.54, 1.807) is 13.2 Å². The summed E-state index contributed by atoms with van der Waals surface area (Å²) in [5.74, 6) is 1.27. The number of hydrogen-bond acceptors (Lipinski definition) is 3. The van der Waals surface area contributed by atoms with Gasteiger partial charge in [0.2, 0.25) is 0 Å². The number of hydrogen-bond donors (Lipinski definition) is 1. The number of rotatable bonds is 7. The van der Waals surface area contributed by atoms with Crippen LogP contribution in [0.3, 0.4) is 0 Å². The van der Waals surface area contributed by atoms with E-state index >= 15 is 0 Å². The van der Waals surface area contributed by atoms with E-state index in [1.807, 2.05) is 48.5 Å². The van der Waals surface area contributed by atoms with Crippen LogP contribution in [0.5, 0.6) is 5.75 Å². The Labute approximate surface area is 184 Å². The molecule has 1 aliphatic rings. The van der Waals surface area contributed by atoms with E-state index in [-0.39, 0.29) is 11.7 Å². The normalized spacial score (nSPS) is 16.1. The van der Waals surface area contributed by atoms with E-state index in [0.29, 0.717) is 18.0 Å². The van der Waals surface area contributed by atoms with Crippen LogP contribution in [0.2, 0.25) is 0 Å². The van der Waals surface area contributed by atoms with Gasteiger partial charge in [-0.2, -0.15) is 0 Å². The van der Waals surface area contributed by atoms with E-state index in [4.69, 9.17) is 10.5 Å². The standard InChI is InChI=1S/C28H29NO2/c1-31-27-14-8-13-23-17-20(15-16-25(23)27)18-24(30)19-26(29)28(21-9-4-2-5-10-21)22-11-6-3-7-12-22/h2-14,19-20,28H,15-18,29H2,1H3. The third-order valence-corrected chi connectivity index (χ3v) is 6.18. The molecule has 0 aromatic heterocycles. The van der Waals surface area contributed by atoms with Crippen molar-refractivity contribution in [3.8, 4) is 5.75 Å². The first kappa shape index (κ1) is 20.9. The van der Waals surface area contributed by atoms with Crippen molar-refractivity contribution in [2.45, 2.75) is 31.6 Å². The fraction of sp³-hybridized carbons (Fsp3) is 0.250. The lowest BCUT2D eigenvalue weighted by Crippen LogP contribution is -2.19. The van der Waals surface area contributed by atoms with Crippen LogP contribution in [0, 0.1) is 5.92 Å². The molecule has 3 aromatic rings. The van der Waals surface area contributed by atoms with Crippen LogP contribution in [-0.4, -0.2) is 12.9 Å². The van der Waals surface area contributed by atoms with Crippen molar-refractivity contribution in [3.63, 3.8) is 0 Å². The van der Waals surface area contributed by atoms with Gasteiger partial charge in [-0.1, -0.05) is 72.8 Å². The fourth-order valence-corrected chi connectivity index (χ4v) is 4.69. The molecular weight excluding hydrogens is 382 g/mol. The van der Waals surface area contributed by atoms with Crippen molar-refractivity contribution >= 4 is 5.78 Å². The van der Waals surface area contributed by atoms with Gasteiger partial charge in [0.1, 0.15) is 5.75 Å². The molecule has 1 aliphatic carbocycles. The van der Waals surface area contributed by atoms with Gasteiger partial charge in [0.25, 0.3) is 0 Å². The Kier molecular flexibility index (Phi) is 6.51. The maximum absolute atomic E-state index is 12.9. The smallest absolute Gasteiger partial charge is 0.157 e. The molecular formula is C28H29NO2. The molecule has 0 bridgehead atoms. The van der Waals surface area contributed by atoms with Crippen LogP contribution < -0.4 is 10.5 Å². The summed E-state index contributed by atoms with van der Waals surface area (Å²) >= 11 is 0. The number of ether oxygens (including phenoxy) is 1. The molecule has 0 saturated heterocycles. The molecule has 0 aliphatic heterocycles. The summed E-state index contributed by atoms with van der Waals surface area (Å²) in [5.41, 5.74) is 11.9. The summed E-state index contributed by atoms with van der Waals surface area (Å²) in [6.07, 6.45) is 5.03. The van der Waals surface area contributed by atoms with Gasteiger partial charge < -0.3 is 10.5 Å². The van der Waals surface area contributed by atoms with Crippen LogP contribution in [0.1, 0.15) is 41.0 Å². The molecule has 0 fully saturated rings. The maximum Gasteiger partial charge on any atom is 0.157 e. The number of nitrogens with two attached hydrogens (primary N) is 1. The van der Waals surface area contributed by atoms with E-state index in [1.165, 1.54) is 11.1 Å². The molecule has 3 nitrogen and oxygen atoms in total. The Balaban J connectivity index is 1.51. The van der Waals surface area contributed by atoms with Gasteiger partial charge >= 0.3 is 0 Å². The minimum absolute atomic E-state index is 0.103. The van der Waals surface area contributed by atoms with Crippen molar-refractivity contribution in [2.24, 2.45) is 11.7 Å². The second-order valence-corrected chi connectivity index (χ2v) is 8.28. The molecule has 4 rings (SSSR count). The molecule has 0 radical (unpaired) electrons. The van der Waals surface area contributed by atoms with Crippen molar-refractivity contribution < 1.29 is 9.53 Å². The Morgan fingerprint density at radius 1 is 1.00 bits per heavy atom. The molecule has 0 heterocycles. The van der Waals surface area contributed by atoms with E-state index in [0.717, 1.165) is 36.1 Å². The lowest BCUT2D eigenvalue weighted by atomic mass is 9.80. The summed E-state index contributed by atoms with van der Waals surface area (Å²) in [6.45, 7) is 0. The van der Waals surface area contributed by atoms with Crippen LogP contribution in [0.15, 0.2) is 90.6 Å². The topological polar surface area (TPSA) is 52.3 Å². The molecule has 31 heavy (non-hydrogen) atoms. The predicted octanol–water partition coefficient (Wildman–Crippen LogP) is 5.43. The Morgan fingerprint density at radius 2 is 1.65 bits per heavy atom. The molecule has 0 amide bonds. The zero-order valence-corrected chi connectivity index (χ0v) is 18.0. The monoisotopic (exact) mass is 411 g/mol. The number of ketones is 1. The summed E-state index contributed by atoms with van der Waals surface area (Å²) in [6, 6.07) is 26.5. The van der Waals surface area contributed by atoms with E-state index in [2.05, 4.69) is 30.3 Å². The van der Waals surface area contributed by atoms with Gasteiger partial charge in [0.15, 0.2) is 5.78 Å². The van der Waals surface area contributed by atoms with E-state index in [9.17, 15) is 4.79 Å². The van der Waals surface area contributed by atoms with Crippen molar-refractivity contribution in [3.05, 3.63) is 113 Å². The molecule has 0 spiro atoms. The fourth-order valence-electron chi connectivity index (χ4n) is 4.69. The highest BCUT2D eigenvalue weighted by Crippen LogP contribution is 2.34. The van der Waals surface area contributed by atoms with Crippen LogP contribution >= 0.6 is 0 Å². The second kappa shape index (κ2) is 9.65. The highest BCUT2D eigenvalue weighted by atomic mass is 16.5. The first-order valence-corrected chi connectivity index (χ1v) is 10.9. The van der Waals surface area contributed by atoms with Crippen LogP contribution in [0.25, 0.3) is 0 Å². The molecule has 2 N–H and O–H groups in total. The number of carbonyl (C=O) groups excluding carboxylic acids is 1. The molecule has 0 saturated carbocycles. The summed E-state index contributed by atoms with van der Waals surface area (Å²) < 4.78 is 5.50. The summed E-state index contributed by atoms with van der Waals surface area (Å²) in [4.78, 5) is 12.9. The zero-order valence-electron chi connectivity index (χ0n) is 18.0. The Morgan fingerprint density at radius 3 is 2.26 bits per heavy atom. The van der Waals surface area contributed by atoms with Gasteiger partial charge in [0.05, 0.1) is 7.11 Å². The van der Waals surface area contributed by atoms with Gasteiger partial charge in [-0.05, 0) is 53.5 Å². The van der Waals surface area contributed by atoms with Gasteiger partial charge in [0, 0.05) is 24.1 Å². The van der Waals surface area contributed by atoms with Gasteiger partial charge in [-0.3, -0.25) is 4.79 Å². The SMILES string of the molecule is COc1cccc2c1CCC(CC(=O)C=C(N)C(c1ccccc1)c1ccccc1)C2. The first-order valence-electron chi connectivity index (χ1n) is 10.9. The third-order valence-electron chi connectivity index (χ3n) is 6.18. The number of benzene rings is 3. The van der Waals surface area contributed by atoms with Gasteiger partial charge in [-0.15, -0.1) is 0 Å². The number of allylic oxidation sites excluding steroid dienone is 2. The largest absolute Gasteiger partial charge is 0.496 e. The third kappa shape index (κ3) is 4.88. The Hall–Kier alpha value is -3.33. The van der Waals surface area contributed by atoms with Crippen LogP contribution in [0.4, 0.5) is 0 Å². The molecule has 1 atom stereocenters. The average molecular weight is 412 g/mol. The molecule has 1 unspecified atom stereocenters. The second-order valence-electron chi connectivity index (χ2n) is 8.28. The number of methoxy groups -OCH3 is 1. The maximum atomic E-state index is 12.9.